The Kier molecular flexibility index (Phi) is 3.00. The Morgan fingerprint density at radius 1 is 1.20 bits per heavy atom. The van der Waals surface area contributed by atoms with Crippen molar-refractivity contribution >= 4 is 17.4 Å². The SMILES string of the molecule is Nc1cnc(-c2ccc(O)c(Cl)c2)c(-c2ncc[nH]2)n1. The number of nitrogen functional groups attached to an aromatic ring is 1. The summed E-state index contributed by atoms with van der Waals surface area (Å²) in [4.78, 5) is 15.7. The van der Waals surface area contributed by atoms with Crippen LogP contribution in [0.3, 0.4) is 0 Å². The van der Waals surface area contributed by atoms with Crippen LogP contribution >= 0.6 is 11.6 Å². The Morgan fingerprint density at radius 2 is 2.05 bits per heavy atom. The zero-order chi connectivity index (χ0) is 14.1. The van der Waals surface area contributed by atoms with E-state index in [-0.39, 0.29) is 10.8 Å². The summed E-state index contributed by atoms with van der Waals surface area (Å²) in [6.07, 6.45) is 4.77. The van der Waals surface area contributed by atoms with E-state index in [0.717, 1.165) is 0 Å². The Morgan fingerprint density at radius 3 is 2.75 bits per heavy atom. The molecule has 0 spiro atoms. The highest BCUT2D eigenvalue weighted by Gasteiger charge is 2.14. The number of aromatic hydroxyl groups is 1. The quantitative estimate of drug-likeness (QED) is 0.672. The molecule has 0 bridgehead atoms. The molecule has 0 aliphatic rings. The molecule has 0 unspecified atom stereocenters. The van der Waals surface area contributed by atoms with E-state index < -0.39 is 0 Å². The first-order chi connectivity index (χ1) is 9.65. The van der Waals surface area contributed by atoms with E-state index >= 15 is 0 Å². The number of H-pyrrole nitrogens is 1. The van der Waals surface area contributed by atoms with Crippen LogP contribution in [0.2, 0.25) is 5.02 Å². The zero-order valence-corrected chi connectivity index (χ0v) is 11.0. The van der Waals surface area contributed by atoms with Crippen LogP contribution in [0, 0.1) is 0 Å². The number of anilines is 1. The van der Waals surface area contributed by atoms with E-state index in [9.17, 15) is 5.11 Å². The summed E-state index contributed by atoms with van der Waals surface area (Å²) in [5.41, 5.74) is 7.50. The lowest BCUT2D eigenvalue weighted by Crippen LogP contribution is -1.99. The first-order valence-corrected chi connectivity index (χ1v) is 6.14. The van der Waals surface area contributed by atoms with Gasteiger partial charge < -0.3 is 15.8 Å². The highest BCUT2D eigenvalue weighted by atomic mass is 35.5. The Bertz CT molecular complexity index is 757. The summed E-state index contributed by atoms with van der Waals surface area (Å²) < 4.78 is 0. The summed E-state index contributed by atoms with van der Waals surface area (Å²) in [7, 11) is 0. The maximum absolute atomic E-state index is 9.48. The van der Waals surface area contributed by atoms with E-state index in [2.05, 4.69) is 19.9 Å². The molecule has 1 aromatic carbocycles. The number of halogens is 1. The lowest BCUT2D eigenvalue weighted by atomic mass is 10.1. The molecule has 3 rings (SSSR count). The van der Waals surface area contributed by atoms with E-state index in [1.54, 1.807) is 24.5 Å². The number of nitrogens with two attached hydrogens (primary N) is 1. The number of nitrogens with zero attached hydrogens (tertiary/aromatic N) is 3. The van der Waals surface area contributed by atoms with Crippen molar-refractivity contribution in [2.45, 2.75) is 0 Å². The van der Waals surface area contributed by atoms with Gasteiger partial charge in [0.2, 0.25) is 0 Å². The van der Waals surface area contributed by atoms with Gasteiger partial charge in [-0.25, -0.2) is 15.0 Å². The number of phenols is 1. The average molecular weight is 288 g/mol. The maximum atomic E-state index is 9.48. The fourth-order valence-electron chi connectivity index (χ4n) is 1.83. The number of hydrogen-bond acceptors (Lipinski definition) is 5. The number of rotatable bonds is 2. The van der Waals surface area contributed by atoms with Crippen molar-refractivity contribution < 1.29 is 5.11 Å². The number of aromatic nitrogens is 4. The van der Waals surface area contributed by atoms with Gasteiger partial charge in [0, 0.05) is 18.0 Å². The van der Waals surface area contributed by atoms with Crippen LogP contribution in [0.4, 0.5) is 5.82 Å². The zero-order valence-electron chi connectivity index (χ0n) is 10.2. The molecule has 20 heavy (non-hydrogen) atoms. The van der Waals surface area contributed by atoms with Crippen molar-refractivity contribution in [2.75, 3.05) is 5.73 Å². The molecule has 4 N–H and O–H groups in total. The summed E-state index contributed by atoms with van der Waals surface area (Å²) in [5, 5.41) is 9.72. The van der Waals surface area contributed by atoms with E-state index in [1.807, 2.05) is 0 Å². The highest BCUT2D eigenvalue weighted by molar-refractivity contribution is 6.32. The van der Waals surface area contributed by atoms with Gasteiger partial charge in [-0.15, -0.1) is 0 Å². The molecule has 0 aliphatic carbocycles. The summed E-state index contributed by atoms with van der Waals surface area (Å²) >= 11 is 5.93. The smallest absolute Gasteiger partial charge is 0.158 e. The molecule has 0 amide bonds. The molecule has 0 saturated heterocycles. The standard InChI is InChI=1S/C13H10ClN5O/c14-8-5-7(1-2-9(8)20)11-12(13-16-3-4-17-13)19-10(15)6-18-11/h1-6,20H,(H2,15,19)(H,16,17). The third-order valence-electron chi connectivity index (χ3n) is 2.73. The van der Waals surface area contributed by atoms with Crippen molar-refractivity contribution in [1.82, 2.24) is 19.9 Å². The number of imidazole rings is 1. The van der Waals surface area contributed by atoms with Crippen LogP contribution in [-0.4, -0.2) is 25.0 Å². The van der Waals surface area contributed by atoms with Crippen molar-refractivity contribution in [1.29, 1.82) is 0 Å². The second-order valence-corrected chi connectivity index (χ2v) is 4.50. The van der Waals surface area contributed by atoms with Crippen LogP contribution in [0.15, 0.2) is 36.8 Å². The van der Waals surface area contributed by atoms with Crippen LogP contribution in [0.5, 0.6) is 5.75 Å². The van der Waals surface area contributed by atoms with Gasteiger partial charge in [-0.05, 0) is 18.2 Å². The number of phenolic OH excluding ortho intramolecular Hbond substituents is 1. The maximum Gasteiger partial charge on any atom is 0.158 e. The van der Waals surface area contributed by atoms with Gasteiger partial charge in [-0.1, -0.05) is 11.6 Å². The van der Waals surface area contributed by atoms with Crippen LogP contribution in [0.1, 0.15) is 0 Å². The fourth-order valence-corrected chi connectivity index (χ4v) is 2.01. The molecular weight excluding hydrogens is 278 g/mol. The Labute approximate surface area is 119 Å². The lowest BCUT2D eigenvalue weighted by molar-refractivity contribution is 0.475. The van der Waals surface area contributed by atoms with Crippen molar-refractivity contribution in [3.63, 3.8) is 0 Å². The molecule has 6 nitrogen and oxygen atoms in total. The van der Waals surface area contributed by atoms with Crippen molar-refractivity contribution in [3.8, 4) is 28.5 Å². The van der Waals surface area contributed by atoms with Gasteiger partial charge in [0.05, 0.1) is 16.9 Å². The molecule has 0 aliphatic heterocycles. The van der Waals surface area contributed by atoms with Gasteiger partial charge in [-0.2, -0.15) is 0 Å². The number of hydrogen-bond donors (Lipinski definition) is 3. The molecule has 2 heterocycles. The largest absolute Gasteiger partial charge is 0.506 e. The molecule has 3 aromatic rings. The van der Waals surface area contributed by atoms with Crippen LogP contribution in [0.25, 0.3) is 22.8 Å². The van der Waals surface area contributed by atoms with Gasteiger partial charge in [0.15, 0.2) is 5.82 Å². The van der Waals surface area contributed by atoms with E-state index in [0.29, 0.717) is 28.6 Å². The second-order valence-electron chi connectivity index (χ2n) is 4.10. The van der Waals surface area contributed by atoms with Crippen molar-refractivity contribution in [3.05, 3.63) is 41.8 Å². The Hall–Kier alpha value is -2.60. The molecule has 0 atom stereocenters. The number of benzene rings is 1. The molecule has 100 valence electrons. The molecule has 0 radical (unpaired) electrons. The molecule has 2 aromatic heterocycles. The summed E-state index contributed by atoms with van der Waals surface area (Å²) in [6.45, 7) is 0. The fraction of sp³-hybridized carbons (Fsp3) is 0. The Balaban J connectivity index is 2.20. The molecular formula is C13H10ClN5O. The van der Waals surface area contributed by atoms with Crippen molar-refractivity contribution in [2.24, 2.45) is 0 Å². The number of aromatic amines is 1. The van der Waals surface area contributed by atoms with Gasteiger partial charge in [-0.3, -0.25) is 0 Å². The van der Waals surface area contributed by atoms with E-state index in [1.165, 1.54) is 12.3 Å². The molecule has 0 saturated carbocycles. The predicted octanol–water partition coefficient (Wildman–Crippen LogP) is 2.47. The molecule has 7 heteroatoms. The minimum atomic E-state index is 0.0124. The summed E-state index contributed by atoms with van der Waals surface area (Å²) in [6, 6.07) is 4.82. The second kappa shape index (κ2) is 4.82. The minimum Gasteiger partial charge on any atom is -0.506 e. The molecule has 0 fully saturated rings. The van der Waals surface area contributed by atoms with E-state index in [4.69, 9.17) is 17.3 Å². The highest BCUT2D eigenvalue weighted by Crippen LogP contribution is 2.32. The number of nitrogens with one attached hydrogen (secondary N) is 1. The van der Waals surface area contributed by atoms with Gasteiger partial charge in [0.1, 0.15) is 17.3 Å². The third-order valence-corrected chi connectivity index (χ3v) is 3.04. The summed E-state index contributed by atoms with van der Waals surface area (Å²) in [5.74, 6) is 0.868. The minimum absolute atomic E-state index is 0.0124. The van der Waals surface area contributed by atoms with Crippen LogP contribution in [-0.2, 0) is 0 Å². The normalized spacial score (nSPS) is 10.7. The average Bonchev–Trinajstić information content (AvgIpc) is 2.96. The first kappa shape index (κ1) is 12.4. The third kappa shape index (κ3) is 2.17. The van der Waals surface area contributed by atoms with Crippen LogP contribution < -0.4 is 5.73 Å². The first-order valence-electron chi connectivity index (χ1n) is 5.76. The predicted molar refractivity (Wildman–Crippen MR) is 76.1 cm³/mol. The lowest BCUT2D eigenvalue weighted by Gasteiger charge is -2.08. The van der Waals surface area contributed by atoms with Gasteiger partial charge >= 0.3 is 0 Å². The monoisotopic (exact) mass is 287 g/mol. The van der Waals surface area contributed by atoms with Gasteiger partial charge in [0.25, 0.3) is 0 Å². The topological polar surface area (TPSA) is 101 Å².